The Bertz CT molecular complexity index is 1080. The molecular formula is C21H20ClN3O2S. The second kappa shape index (κ2) is 6.42. The molecule has 3 aromatic rings. The quantitative estimate of drug-likeness (QED) is 0.660. The number of aromatic nitrogens is 2. The Morgan fingerprint density at radius 3 is 2.71 bits per heavy atom. The van der Waals surface area contributed by atoms with Gasteiger partial charge in [-0.2, -0.15) is 0 Å². The highest BCUT2D eigenvalue weighted by Gasteiger charge is 2.55. The number of rotatable bonds is 4. The third-order valence-corrected chi connectivity index (χ3v) is 7.69. The number of thiazole rings is 1. The molecule has 2 heterocycles. The molecule has 0 atom stereocenters. The zero-order valence-electron chi connectivity index (χ0n) is 15.4. The van der Waals surface area contributed by atoms with Crippen molar-refractivity contribution in [3.8, 4) is 5.88 Å². The number of amides is 1. The van der Waals surface area contributed by atoms with Crippen molar-refractivity contribution >= 4 is 39.1 Å². The maximum atomic E-state index is 11.8. The van der Waals surface area contributed by atoms with Crippen molar-refractivity contribution in [2.45, 2.75) is 37.5 Å². The van der Waals surface area contributed by atoms with E-state index in [9.17, 15) is 4.79 Å². The van der Waals surface area contributed by atoms with Crippen molar-refractivity contribution in [2.24, 2.45) is 11.1 Å². The first kappa shape index (κ1) is 17.9. The van der Waals surface area contributed by atoms with E-state index in [1.165, 1.54) is 9.71 Å². The Labute approximate surface area is 171 Å². The fourth-order valence-corrected chi connectivity index (χ4v) is 6.22. The molecule has 2 saturated carbocycles. The molecule has 2 aromatic heterocycles. The van der Waals surface area contributed by atoms with Gasteiger partial charge in [0.05, 0.1) is 22.3 Å². The largest absolute Gasteiger partial charge is 0.481 e. The third-order valence-electron chi connectivity index (χ3n) is 6.25. The van der Waals surface area contributed by atoms with Gasteiger partial charge in [-0.1, -0.05) is 11.6 Å². The van der Waals surface area contributed by atoms with Gasteiger partial charge in [0.1, 0.15) is 0 Å². The summed E-state index contributed by atoms with van der Waals surface area (Å²) in [6.07, 6.45) is 5.96. The topological polar surface area (TPSA) is 78.1 Å². The normalized spacial score (nSPS) is 26.1. The van der Waals surface area contributed by atoms with E-state index in [1.54, 1.807) is 30.7 Å². The van der Waals surface area contributed by atoms with Crippen LogP contribution < -0.4 is 10.5 Å². The number of fused-ring (bicyclic) bond motifs is 1. The molecule has 0 bridgehead atoms. The van der Waals surface area contributed by atoms with E-state index in [0.717, 1.165) is 41.8 Å². The highest BCUT2D eigenvalue weighted by atomic mass is 35.5. The zero-order chi connectivity index (χ0) is 19.5. The SMILES string of the molecule is COc1nccc(C(N)=O)c1C1CC2(CC(c3nc4cc(Cl)ccc4s3)C2)C1. The van der Waals surface area contributed by atoms with Gasteiger partial charge in [-0.05, 0) is 61.3 Å². The van der Waals surface area contributed by atoms with Crippen LogP contribution in [0.3, 0.4) is 0 Å². The van der Waals surface area contributed by atoms with Crippen molar-refractivity contribution in [1.82, 2.24) is 9.97 Å². The highest BCUT2D eigenvalue weighted by Crippen LogP contribution is 2.67. The lowest BCUT2D eigenvalue weighted by atomic mass is 9.47. The van der Waals surface area contributed by atoms with Crippen molar-refractivity contribution in [2.75, 3.05) is 7.11 Å². The summed E-state index contributed by atoms with van der Waals surface area (Å²) in [5.41, 5.74) is 8.32. The molecule has 1 spiro atoms. The fraction of sp³-hybridized carbons (Fsp3) is 0.381. The Hall–Kier alpha value is -2.18. The van der Waals surface area contributed by atoms with Gasteiger partial charge in [-0.25, -0.2) is 9.97 Å². The number of nitrogens with two attached hydrogens (primary N) is 1. The first-order valence-corrected chi connectivity index (χ1v) is 10.6. The number of hydrogen-bond acceptors (Lipinski definition) is 5. The van der Waals surface area contributed by atoms with Crippen LogP contribution in [0.25, 0.3) is 10.2 Å². The maximum Gasteiger partial charge on any atom is 0.249 e. The number of benzene rings is 1. The van der Waals surface area contributed by atoms with Crippen LogP contribution in [0.5, 0.6) is 5.88 Å². The van der Waals surface area contributed by atoms with Crippen molar-refractivity contribution in [3.63, 3.8) is 0 Å². The van der Waals surface area contributed by atoms with Crippen LogP contribution in [0, 0.1) is 5.41 Å². The van der Waals surface area contributed by atoms with Crippen LogP contribution in [0.1, 0.15) is 58.4 Å². The molecule has 1 aromatic carbocycles. The smallest absolute Gasteiger partial charge is 0.249 e. The molecule has 1 amide bonds. The zero-order valence-corrected chi connectivity index (χ0v) is 17.0. The van der Waals surface area contributed by atoms with Gasteiger partial charge < -0.3 is 10.5 Å². The number of primary amides is 1. The van der Waals surface area contributed by atoms with Gasteiger partial charge in [0.25, 0.3) is 0 Å². The number of carbonyl (C=O) groups excluding carboxylic acids is 1. The van der Waals surface area contributed by atoms with Gasteiger partial charge in [0, 0.05) is 28.3 Å². The summed E-state index contributed by atoms with van der Waals surface area (Å²) in [5.74, 6) is 0.899. The molecule has 2 fully saturated rings. The summed E-state index contributed by atoms with van der Waals surface area (Å²) in [5, 5.41) is 1.94. The van der Waals surface area contributed by atoms with E-state index in [4.69, 9.17) is 27.1 Å². The number of carbonyl (C=O) groups is 1. The summed E-state index contributed by atoms with van der Waals surface area (Å²) in [6.45, 7) is 0. The van der Waals surface area contributed by atoms with Crippen LogP contribution in [0.4, 0.5) is 0 Å². The lowest BCUT2D eigenvalue weighted by Crippen LogP contribution is -2.46. The minimum absolute atomic E-state index is 0.279. The molecule has 7 heteroatoms. The van der Waals surface area contributed by atoms with E-state index >= 15 is 0 Å². The molecule has 0 saturated heterocycles. The number of halogens is 1. The van der Waals surface area contributed by atoms with Crippen LogP contribution in [0.2, 0.25) is 5.02 Å². The maximum absolute atomic E-state index is 11.8. The number of ether oxygens (including phenoxy) is 1. The van der Waals surface area contributed by atoms with Gasteiger partial charge in [0.15, 0.2) is 0 Å². The lowest BCUT2D eigenvalue weighted by molar-refractivity contribution is -0.0121. The van der Waals surface area contributed by atoms with Crippen molar-refractivity contribution < 1.29 is 9.53 Å². The molecule has 5 rings (SSSR count). The predicted molar refractivity (Wildman–Crippen MR) is 110 cm³/mol. The molecule has 28 heavy (non-hydrogen) atoms. The molecule has 0 unspecified atom stereocenters. The van der Waals surface area contributed by atoms with E-state index in [-0.39, 0.29) is 5.92 Å². The summed E-state index contributed by atoms with van der Waals surface area (Å²) in [7, 11) is 1.59. The summed E-state index contributed by atoms with van der Waals surface area (Å²) in [6, 6.07) is 7.60. The van der Waals surface area contributed by atoms with Crippen LogP contribution >= 0.6 is 22.9 Å². The minimum atomic E-state index is -0.420. The Morgan fingerprint density at radius 2 is 2.00 bits per heavy atom. The Balaban J connectivity index is 1.31. The minimum Gasteiger partial charge on any atom is -0.481 e. The monoisotopic (exact) mass is 413 g/mol. The number of methoxy groups -OCH3 is 1. The van der Waals surface area contributed by atoms with E-state index in [0.29, 0.717) is 22.8 Å². The van der Waals surface area contributed by atoms with Crippen LogP contribution in [0.15, 0.2) is 30.5 Å². The Morgan fingerprint density at radius 1 is 1.25 bits per heavy atom. The van der Waals surface area contributed by atoms with Crippen LogP contribution in [-0.4, -0.2) is 23.0 Å². The van der Waals surface area contributed by atoms with E-state index in [2.05, 4.69) is 4.98 Å². The third kappa shape index (κ3) is 2.78. The van der Waals surface area contributed by atoms with Crippen LogP contribution in [-0.2, 0) is 0 Å². The summed E-state index contributed by atoms with van der Waals surface area (Å²) in [4.78, 5) is 20.9. The van der Waals surface area contributed by atoms with Gasteiger partial charge in [-0.15, -0.1) is 11.3 Å². The fourth-order valence-electron chi connectivity index (χ4n) is 5.00. The van der Waals surface area contributed by atoms with Gasteiger partial charge >= 0.3 is 0 Å². The molecule has 2 aliphatic rings. The van der Waals surface area contributed by atoms with E-state index < -0.39 is 5.91 Å². The van der Waals surface area contributed by atoms with E-state index in [1.807, 2.05) is 18.2 Å². The van der Waals surface area contributed by atoms with Gasteiger partial charge in [0.2, 0.25) is 11.8 Å². The lowest BCUT2D eigenvalue weighted by Gasteiger charge is -2.57. The first-order chi connectivity index (χ1) is 13.5. The predicted octanol–water partition coefficient (Wildman–Crippen LogP) is 4.89. The Kier molecular flexibility index (Phi) is 4.10. The molecule has 5 nitrogen and oxygen atoms in total. The van der Waals surface area contributed by atoms with Gasteiger partial charge in [-0.3, -0.25) is 4.79 Å². The molecule has 0 aliphatic heterocycles. The number of hydrogen-bond donors (Lipinski definition) is 1. The van der Waals surface area contributed by atoms with Crippen molar-refractivity contribution in [3.05, 3.63) is 51.6 Å². The molecular weight excluding hydrogens is 394 g/mol. The van der Waals surface area contributed by atoms with Crippen molar-refractivity contribution in [1.29, 1.82) is 0 Å². The average Bonchev–Trinajstić information content (AvgIpc) is 3.01. The summed E-state index contributed by atoms with van der Waals surface area (Å²) >= 11 is 7.86. The standard InChI is InChI=1S/C21H20ClN3O2S/c1-27-19-17(14(18(23)26)4-5-24-19)11-7-21(8-11)9-12(10-21)20-25-15-6-13(22)2-3-16(15)28-20/h2-6,11-12H,7-10H2,1H3,(H2,23,26). The molecule has 0 radical (unpaired) electrons. The molecule has 144 valence electrons. The second-order valence-corrected chi connectivity index (χ2v) is 9.52. The second-order valence-electron chi connectivity index (χ2n) is 8.02. The number of nitrogens with zero attached hydrogens (tertiary/aromatic N) is 2. The summed E-state index contributed by atoms with van der Waals surface area (Å²) < 4.78 is 6.60. The number of pyridine rings is 1. The molecule has 2 aliphatic carbocycles. The first-order valence-electron chi connectivity index (χ1n) is 9.37. The highest BCUT2D eigenvalue weighted by molar-refractivity contribution is 7.18. The average molecular weight is 414 g/mol. The molecule has 2 N–H and O–H groups in total.